The lowest BCUT2D eigenvalue weighted by Crippen LogP contribution is -2.01. The number of carboxylic acid groups (broad SMARTS) is 1. The maximum atomic E-state index is 14.4. The van der Waals surface area contributed by atoms with Gasteiger partial charge in [0.25, 0.3) is 0 Å². The van der Waals surface area contributed by atoms with Gasteiger partial charge in [-0.25, -0.2) is 13.8 Å². The number of rotatable bonds is 5. The van der Waals surface area contributed by atoms with Crippen molar-refractivity contribution >= 4 is 16.9 Å². The second-order valence-electron chi connectivity index (χ2n) is 9.05. The van der Waals surface area contributed by atoms with Crippen LogP contribution in [-0.2, 0) is 11.2 Å². The van der Waals surface area contributed by atoms with Crippen molar-refractivity contribution < 1.29 is 28.2 Å². The number of ether oxygens (including phenoxy) is 2. The SMILES string of the molecule is CC1COc2c(CC(=O)O)cccc21.Cc1c(Oc2ccc(F)c(-c3ncc[nH]3)c2)c(F)cc2[nH]ccc12. The highest BCUT2D eigenvalue weighted by Crippen LogP contribution is 2.37. The Kier molecular flexibility index (Phi) is 6.83. The molecule has 0 fully saturated rings. The molecule has 5 aromatic rings. The molecule has 0 spiro atoms. The van der Waals surface area contributed by atoms with Crippen LogP contribution in [0.15, 0.2) is 67.1 Å². The predicted octanol–water partition coefficient (Wildman–Crippen LogP) is 6.75. The fraction of sp³-hybridized carbons (Fsp3) is 0.172. The van der Waals surface area contributed by atoms with Gasteiger partial charge in [0.05, 0.1) is 18.6 Å². The lowest BCUT2D eigenvalue weighted by Gasteiger charge is -2.12. The minimum Gasteiger partial charge on any atom is -0.492 e. The summed E-state index contributed by atoms with van der Waals surface area (Å²) >= 11 is 0. The van der Waals surface area contributed by atoms with E-state index in [9.17, 15) is 13.6 Å². The van der Waals surface area contributed by atoms with Crippen LogP contribution >= 0.6 is 0 Å². The zero-order valence-corrected chi connectivity index (χ0v) is 20.7. The molecule has 0 amide bonds. The van der Waals surface area contributed by atoms with E-state index in [1.807, 2.05) is 24.3 Å². The Hall–Kier alpha value is -4.66. The van der Waals surface area contributed by atoms with Gasteiger partial charge in [-0.1, -0.05) is 25.1 Å². The van der Waals surface area contributed by atoms with Gasteiger partial charge in [0.2, 0.25) is 0 Å². The quantitative estimate of drug-likeness (QED) is 0.240. The summed E-state index contributed by atoms with van der Waals surface area (Å²) < 4.78 is 39.6. The van der Waals surface area contributed by atoms with Crippen LogP contribution in [0.1, 0.15) is 29.5 Å². The van der Waals surface area contributed by atoms with Crippen molar-refractivity contribution in [3.63, 3.8) is 0 Å². The second kappa shape index (κ2) is 10.4. The summed E-state index contributed by atoms with van der Waals surface area (Å²) in [5.41, 5.74) is 3.55. The number of carboxylic acids is 1. The standard InChI is InChI=1S/C18H13F2N3O.C11H12O3/c1-10-12-4-5-21-16(12)9-15(20)17(10)24-11-2-3-14(19)13(8-11)18-22-6-7-23-18;1-7-6-14-11-8(5-10(12)13)3-2-4-9(7)11/h2-9,21H,1H3,(H,22,23);2-4,7H,5-6H2,1H3,(H,12,13). The molecular weight excluding hydrogens is 492 g/mol. The van der Waals surface area contributed by atoms with Gasteiger partial charge in [-0.3, -0.25) is 4.79 Å². The molecule has 0 radical (unpaired) electrons. The summed E-state index contributed by atoms with van der Waals surface area (Å²) in [4.78, 5) is 20.4. The van der Waals surface area contributed by atoms with Gasteiger partial charge in [-0.2, -0.15) is 0 Å². The van der Waals surface area contributed by atoms with Crippen LogP contribution in [0.4, 0.5) is 8.78 Å². The van der Waals surface area contributed by atoms with Gasteiger partial charge in [0.15, 0.2) is 11.6 Å². The van der Waals surface area contributed by atoms with Crippen molar-refractivity contribution in [2.45, 2.75) is 26.2 Å². The van der Waals surface area contributed by atoms with E-state index in [2.05, 4.69) is 21.9 Å². The highest BCUT2D eigenvalue weighted by atomic mass is 19.1. The number of fused-ring (bicyclic) bond motifs is 2. The fourth-order valence-electron chi connectivity index (χ4n) is 4.50. The molecule has 38 heavy (non-hydrogen) atoms. The summed E-state index contributed by atoms with van der Waals surface area (Å²) in [6, 6.07) is 13.2. The number of aromatic amines is 2. The molecule has 0 saturated carbocycles. The monoisotopic (exact) mass is 517 g/mol. The zero-order chi connectivity index (χ0) is 26.8. The lowest BCUT2D eigenvalue weighted by molar-refractivity contribution is -0.136. The maximum Gasteiger partial charge on any atom is 0.307 e. The average Bonchev–Trinajstić information content (AvgIpc) is 3.65. The number of para-hydroxylation sites is 1. The Morgan fingerprint density at radius 1 is 1.13 bits per heavy atom. The van der Waals surface area contributed by atoms with Crippen molar-refractivity contribution in [1.29, 1.82) is 0 Å². The Morgan fingerprint density at radius 2 is 1.97 bits per heavy atom. The van der Waals surface area contributed by atoms with Crippen molar-refractivity contribution in [2.75, 3.05) is 6.61 Å². The molecule has 1 atom stereocenters. The van der Waals surface area contributed by atoms with E-state index in [4.69, 9.17) is 14.6 Å². The molecule has 0 saturated heterocycles. The van der Waals surface area contributed by atoms with Crippen LogP contribution < -0.4 is 9.47 Å². The predicted molar refractivity (Wildman–Crippen MR) is 139 cm³/mol. The molecule has 0 bridgehead atoms. The summed E-state index contributed by atoms with van der Waals surface area (Å²) in [5.74, 6) is 0.264. The van der Waals surface area contributed by atoms with Crippen LogP contribution in [-0.4, -0.2) is 32.6 Å². The number of aryl methyl sites for hydroxylation is 1. The van der Waals surface area contributed by atoms with Crippen LogP contribution in [0, 0.1) is 18.6 Å². The third-order valence-electron chi connectivity index (χ3n) is 6.40. The van der Waals surface area contributed by atoms with Gasteiger partial charge < -0.3 is 24.5 Å². The zero-order valence-electron chi connectivity index (χ0n) is 20.7. The minimum atomic E-state index is -0.818. The number of hydrogen-bond acceptors (Lipinski definition) is 4. The lowest BCUT2D eigenvalue weighted by atomic mass is 10.00. The third-order valence-corrected chi connectivity index (χ3v) is 6.40. The second-order valence-corrected chi connectivity index (χ2v) is 9.05. The molecule has 1 aliphatic heterocycles. The largest absolute Gasteiger partial charge is 0.492 e. The van der Waals surface area contributed by atoms with Crippen LogP contribution in [0.5, 0.6) is 17.2 Å². The molecule has 3 heterocycles. The Bertz CT molecular complexity index is 1610. The van der Waals surface area contributed by atoms with E-state index >= 15 is 0 Å². The molecule has 2 aromatic heterocycles. The summed E-state index contributed by atoms with van der Waals surface area (Å²) in [7, 11) is 0. The summed E-state index contributed by atoms with van der Waals surface area (Å²) in [5, 5.41) is 9.58. The highest BCUT2D eigenvalue weighted by molar-refractivity contribution is 5.85. The number of nitrogens with one attached hydrogen (secondary N) is 2. The smallest absolute Gasteiger partial charge is 0.307 e. The number of hydrogen-bond donors (Lipinski definition) is 3. The van der Waals surface area contributed by atoms with E-state index in [0.717, 1.165) is 22.3 Å². The van der Waals surface area contributed by atoms with Crippen molar-refractivity contribution in [1.82, 2.24) is 15.0 Å². The average molecular weight is 518 g/mol. The molecule has 194 valence electrons. The third kappa shape index (κ3) is 4.95. The number of carbonyl (C=O) groups is 1. The van der Waals surface area contributed by atoms with E-state index in [1.165, 1.54) is 30.5 Å². The molecule has 3 N–H and O–H groups in total. The van der Waals surface area contributed by atoms with Gasteiger partial charge in [0.1, 0.15) is 23.1 Å². The molecule has 3 aromatic carbocycles. The van der Waals surface area contributed by atoms with Gasteiger partial charge in [0, 0.05) is 58.2 Å². The number of halogens is 2. The Labute approximate surface area is 217 Å². The number of H-pyrrole nitrogens is 2. The van der Waals surface area contributed by atoms with E-state index in [0.29, 0.717) is 35.2 Å². The summed E-state index contributed by atoms with van der Waals surface area (Å²) in [6.07, 6.45) is 4.92. The fourth-order valence-corrected chi connectivity index (χ4v) is 4.50. The molecule has 6 rings (SSSR count). The molecule has 7 nitrogen and oxygen atoms in total. The summed E-state index contributed by atoms with van der Waals surface area (Å²) in [6.45, 7) is 4.52. The van der Waals surface area contributed by atoms with Crippen molar-refractivity contribution in [2.24, 2.45) is 0 Å². The van der Waals surface area contributed by atoms with Crippen molar-refractivity contribution in [3.05, 3.63) is 95.4 Å². The molecule has 1 unspecified atom stereocenters. The number of aromatic nitrogens is 3. The van der Waals surface area contributed by atoms with Gasteiger partial charge >= 0.3 is 5.97 Å². The number of imidazole rings is 1. The highest BCUT2D eigenvalue weighted by Gasteiger charge is 2.23. The topological polar surface area (TPSA) is 100 Å². The van der Waals surface area contributed by atoms with Crippen LogP contribution in [0.2, 0.25) is 0 Å². The Balaban J connectivity index is 0.000000179. The van der Waals surface area contributed by atoms with Crippen LogP contribution in [0.25, 0.3) is 22.3 Å². The molecule has 0 aliphatic carbocycles. The van der Waals surface area contributed by atoms with E-state index < -0.39 is 17.6 Å². The van der Waals surface area contributed by atoms with Gasteiger partial charge in [-0.15, -0.1) is 0 Å². The molecular formula is C29H25F2N3O4. The van der Waals surface area contributed by atoms with Crippen molar-refractivity contribution in [3.8, 4) is 28.6 Å². The first-order valence-corrected chi connectivity index (χ1v) is 12.0. The number of nitrogens with zero attached hydrogens (tertiary/aromatic N) is 1. The number of benzene rings is 3. The number of aliphatic carboxylic acids is 1. The first-order chi connectivity index (χ1) is 18.3. The Morgan fingerprint density at radius 3 is 2.74 bits per heavy atom. The first kappa shape index (κ1) is 25.0. The molecule has 1 aliphatic rings. The molecule has 9 heteroatoms. The van der Waals surface area contributed by atoms with Gasteiger partial charge in [-0.05, 0) is 31.2 Å². The normalized spacial score (nSPS) is 13.9. The minimum absolute atomic E-state index is 0.0376. The maximum absolute atomic E-state index is 14.4. The van der Waals surface area contributed by atoms with E-state index in [1.54, 1.807) is 19.3 Å². The van der Waals surface area contributed by atoms with E-state index in [-0.39, 0.29) is 17.7 Å². The first-order valence-electron chi connectivity index (χ1n) is 12.0. The van der Waals surface area contributed by atoms with Crippen LogP contribution in [0.3, 0.4) is 0 Å².